The molecule has 1 aliphatic rings. The summed E-state index contributed by atoms with van der Waals surface area (Å²) in [5.41, 5.74) is -0.416. The van der Waals surface area contributed by atoms with E-state index in [2.05, 4.69) is 4.98 Å². The standard InChI is InChI=1S/C17H14F3N3O2/c1-11-2-4-12(5-3-11)15(24)23-16(25,13-6-8-21-9-7-13)10-14(22-23)17(18,19)20/h2-10,22,25H,1H3. The summed E-state index contributed by atoms with van der Waals surface area (Å²) in [5, 5.41) is 11.4. The molecule has 8 heteroatoms. The first kappa shape index (κ1) is 17.0. The predicted molar refractivity (Wildman–Crippen MR) is 82.8 cm³/mol. The largest absolute Gasteiger partial charge is 0.432 e. The Morgan fingerprint density at radius 2 is 1.76 bits per heavy atom. The topological polar surface area (TPSA) is 65.5 Å². The average Bonchev–Trinajstić information content (AvgIpc) is 2.95. The van der Waals surface area contributed by atoms with Gasteiger partial charge in [0.1, 0.15) is 5.70 Å². The quantitative estimate of drug-likeness (QED) is 0.875. The van der Waals surface area contributed by atoms with Gasteiger partial charge < -0.3 is 5.11 Å². The number of pyridine rings is 1. The summed E-state index contributed by atoms with van der Waals surface area (Å²) in [5.74, 6) is -0.796. The fourth-order valence-corrected chi connectivity index (χ4v) is 2.49. The number of carbonyl (C=O) groups is 1. The molecule has 2 heterocycles. The van der Waals surface area contributed by atoms with Crippen LogP contribution in [-0.4, -0.2) is 27.2 Å². The van der Waals surface area contributed by atoms with Gasteiger partial charge in [-0.05, 0) is 31.2 Å². The molecular formula is C17H14F3N3O2. The Morgan fingerprint density at radius 1 is 1.16 bits per heavy atom. The van der Waals surface area contributed by atoms with Crippen LogP contribution in [0.3, 0.4) is 0 Å². The van der Waals surface area contributed by atoms with Crippen molar-refractivity contribution in [1.82, 2.24) is 15.4 Å². The van der Waals surface area contributed by atoms with Crippen LogP contribution in [0, 0.1) is 6.92 Å². The molecule has 25 heavy (non-hydrogen) atoms. The maximum absolute atomic E-state index is 13.1. The first-order chi connectivity index (χ1) is 11.7. The van der Waals surface area contributed by atoms with Crippen molar-refractivity contribution in [3.63, 3.8) is 0 Å². The first-order valence-corrected chi connectivity index (χ1v) is 7.32. The third-order valence-corrected chi connectivity index (χ3v) is 3.83. The van der Waals surface area contributed by atoms with Gasteiger partial charge in [0.15, 0.2) is 0 Å². The highest BCUT2D eigenvalue weighted by Gasteiger charge is 2.50. The van der Waals surface area contributed by atoms with Crippen LogP contribution in [0.25, 0.3) is 0 Å². The minimum Gasteiger partial charge on any atom is -0.362 e. The van der Waals surface area contributed by atoms with Gasteiger partial charge >= 0.3 is 6.18 Å². The molecule has 0 fully saturated rings. The van der Waals surface area contributed by atoms with Crippen LogP contribution in [0.5, 0.6) is 0 Å². The zero-order chi connectivity index (χ0) is 18.2. The second-order valence-electron chi connectivity index (χ2n) is 5.64. The molecule has 1 aromatic carbocycles. The van der Waals surface area contributed by atoms with Crippen LogP contribution in [0.4, 0.5) is 13.2 Å². The van der Waals surface area contributed by atoms with Gasteiger partial charge in [-0.25, -0.2) is 5.01 Å². The molecular weight excluding hydrogens is 335 g/mol. The Hall–Kier alpha value is -2.87. The van der Waals surface area contributed by atoms with Gasteiger partial charge in [0, 0.05) is 29.6 Å². The van der Waals surface area contributed by atoms with Gasteiger partial charge in [-0.3, -0.25) is 15.2 Å². The molecule has 1 atom stereocenters. The maximum atomic E-state index is 13.1. The number of amides is 1. The van der Waals surface area contributed by atoms with Crippen molar-refractivity contribution in [3.8, 4) is 0 Å². The van der Waals surface area contributed by atoms with Crippen molar-refractivity contribution in [2.45, 2.75) is 18.8 Å². The van der Waals surface area contributed by atoms with Crippen LogP contribution in [-0.2, 0) is 5.72 Å². The van der Waals surface area contributed by atoms with Crippen molar-refractivity contribution in [3.05, 3.63) is 77.3 Å². The third-order valence-electron chi connectivity index (χ3n) is 3.83. The zero-order valence-corrected chi connectivity index (χ0v) is 13.1. The van der Waals surface area contributed by atoms with E-state index >= 15 is 0 Å². The Kier molecular flexibility index (Phi) is 4.00. The highest BCUT2D eigenvalue weighted by atomic mass is 19.4. The molecule has 5 nitrogen and oxygen atoms in total. The Balaban J connectivity index is 2.05. The van der Waals surface area contributed by atoms with Gasteiger partial charge in [-0.2, -0.15) is 13.2 Å². The van der Waals surface area contributed by atoms with Gasteiger partial charge in [0.25, 0.3) is 5.91 Å². The normalized spacial score (nSPS) is 20.2. The summed E-state index contributed by atoms with van der Waals surface area (Å²) in [4.78, 5) is 16.5. The highest BCUT2D eigenvalue weighted by molar-refractivity contribution is 5.95. The lowest BCUT2D eigenvalue weighted by Gasteiger charge is -2.32. The number of benzene rings is 1. The van der Waals surface area contributed by atoms with Crippen LogP contribution in [0.15, 0.2) is 60.6 Å². The van der Waals surface area contributed by atoms with E-state index in [1.807, 2.05) is 12.3 Å². The van der Waals surface area contributed by atoms with Gasteiger partial charge in [0.2, 0.25) is 5.72 Å². The highest BCUT2D eigenvalue weighted by Crippen LogP contribution is 2.38. The lowest BCUT2D eigenvalue weighted by molar-refractivity contribution is -0.104. The van der Waals surface area contributed by atoms with Crippen LogP contribution in [0.2, 0.25) is 0 Å². The molecule has 0 saturated carbocycles. The van der Waals surface area contributed by atoms with E-state index < -0.39 is 23.5 Å². The van der Waals surface area contributed by atoms with Crippen molar-refractivity contribution in [1.29, 1.82) is 0 Å². The minimum atomic E-state index is -4.75. The maximum Gasteiger partial charge on any atom is 0.432 e. The number of hydrogen-bond donors (Lipinski definition) is 2. The molecule has 1 unspecified atom stereocenters. The lowest BCUT2D eigenvalue weighted by atomic mass is 10.0. The summed E-state index contributed by atoms with van der Waals surface area (Å²) in [7, 11) is 0. The molecule has 0 aliphatic carbocycles. The third kappa shape index (κ3) is 3.08. The van der Waals surface area contributed by atoms with E-state index in [4.69, 9.17) is 0 Å². The number of alkyl halides is 3. The molecule has 130 valence electrons. The van der Waals surface area contributed by atoms with E-state index in [1.54, 1.807) is 12.1 Å². The number of nitrogens with zero attached hydrogens (tertiary/aromatic N) is 2. The van der Waals surface area contributed by atoms with Gasteiger partial charge in [-0.1, -0.05) is 17.7 Å². The molecule has 2 aromatic rings. The zero-order valence-electron chi connectivity index (χ0n) is 13.1. The monoisotopic (exact) mass is 349 g/mol. The number of aryl methyl sites for hydroxylation is 1. The molecule has 0 saturated heterocycles. The van der Waals surface area contributed by atoms with Crippen molar-refractivity contribution < 1.29 is 23.1 Å². The second kappa shape index (κ2) is 5.89. The molecule has 1 aliphatic heterocycles. The molecule has 0 bridgehead atoms. The van der Waals surface area contributed by atoms with Crippen molar-refractivity contribution in [2.75, 3.05) is 0 Å². The summed E-state index contributed by atoms with van der Waals surface area (Å²) in [6, 6.07) is 8.97. The first-order valence-electron chi connectivity index (χ1n) is 7.32. The lowest BCUT2D eigenvalue weighted by Crippen LogP contribution is -2.51. The predicted octanol–water partition coefficient (Wildman–Crippen LogP) is 2.64. The van der Waals surface area contributed by atoms with E-state index in [0.717, 1.165) is 5.56 Å². The number of aliphatic hydroxyl groups is 1. The number of hydrogen-bond acceptors (Lipinski definition) is 4. The van der Waals surface area contributed by atoms with Crippen LogP contribution < -0.4 is 5.43 Å². The number of nitrogens with one attached hydrogen (secondary N) is 1. The molecule has 1 aromatic heterocycles. The van der Waals surface area contributed by atoms with E-state index in [1.165, 1.54) is 36.7 Å². The molecule has 2 N–H and O–H groups in total. The molecule has 1 amide bonds. The fourth-order valence-electron chi connectivity index (χ4n) is 2.49. The number of rotatable bonds is 2. The number of allylic oxidation sites excluding steroid dienone is 1. The fraction of sp³-hybridized carbons (Fsp3) is 0.176. The number of aromatic nitrogens is 1. The molecule has 0 spiro atoms. The smallest absolute Gasteiger partial charge is 0.362 e. The Labute approximate surface area is 141 Å². The van der Waals surface area contributed by atoms with Crippen LogP contribution in [0.1, 0.15) is 21.5 Å². The van der Waals surface area contributed by atoms with Crippen LogP contribution >= 0.6 is 0 Å². The van der Waals surface area contributed by atoms with Crippen molar-refractivity contribution >= 4 is 5.91 Å². The van der Waals surface area contributed by atoms with E-state index in [0.29, 0.717) is 11.1 Å². The number of carbonyl (C=O) groups excluding carboxylic acids is 1. The van der Waals surface area contributed by atoms with Crippen molar-refractivity contribution in [2.24, 2.45) is 0 Å². The van der Waals surface area contributed by atoms with Gasteiger partial charge in [-0.15, -0.1) is 0 Å². The Bertz CT molecular complexity index is 819. The van der Waals surface area contributed by atoms with Gasteiger partial charge in [0.05, 0.1) is 0 Å². The Morgan fingerprint density at radius 3 is 2.32 bits per heavy atom. The van der Waals surface area contributed by atoms with E-state index in [9.17, 15) is 23.1 Å². The number of hydrazine groups is 1. The summed E-state index contributed by atoms with van der Waals surface area (Å²) in [6.07, 6.45) is -1.53. The second-order valence-corrected chi connectivity index (χ2v) is 5.64. The summed E-state index contributed by atoms with van der Waals surface area (Å²) < 4.78 is 39.4. The summed E-state index contributed by atoms with van der Waals surface area (Å²) >= 11 is 0. The minimum absolute atomic E-state index is 0.0784. The molecule has 0 radical (unpaired) electrons. The molecule has 3 rings (SSSR count). The average molecular weight is 349 g/mol. The van der Waals surface area contributed by atoms with E-state index in [-0.39, 0.29) is 11.1 Å². The SMILES string of the molecule is Cc1ccc(C(=O)N2NC(C(F)(F)F)=CC2(O)c2ccncc2)cc1. The number of halogens is 3. The summed E-state index contributed by atoms with van der Waals surface area (Å²) in [6.45, 7) is 1.82.